The first-order valence-corrected chi connectivity index (χ1v) is 7.66. The van der Waals surface area contributed by atoms with Crippen LogP contribution in [-0.4, -0.2) is 5.91 Å². The summed E-state index contributed by atoms with van der Waals surface area (Å²) in [4.78, 5) is 11.9. The molecule has 0 bridgehead atoms. The lowest BCUT2D eigenvalue weighted by Gasteiger charge is -2.12. The van der Waals surface area contributed by atoms with E-state index in [4.69, 9.17) is 0 Å². The molecule has 0 aliphatic carbocycles. The van der Waals surface area contributed by atoms with Gasteiger partial charge in [-0.05, 0) is 34.9 Å². The maximum Gasteiger partial charge on any atom is 0.224 e. The van der Waals surface area contributed by atoms with Crippen molar-refractivity contribution in [1.29, 1.82) is 0 Å². The summed E-state index contributed by atoms with van der Waals surface area (Å²) in [5, 5.41) is 5.44. The minimum atomic E-state index is 0.0655. The number of hydrogen-bond acceptors (Lipinski definition) is 1. The number of benzene rings is 3. The normalized spacial score (nSPS) is 10.6. The molecule has 110 valence electrons. The van der Waals surface area contributed by atoms with Gasteiger partial charge in [-0.15, -0.1) is 0 Å². The second-order valence-corrected chi connectivity index (χ2v) is 5.41. The van der Waals surface area contributed by atoms with Gasteiger partial charge in [0.1, 0.15) is 0 Å². The molecular weight excluding hydrogens is 270 g/mol. The first-order chi connectivity index (χ1) is 10.8. The smallest absolute Gasteiger partial charge is 0.224 e. The zero-order chi connectivity index (χ0) is 15.4. The molecule has 0 saturated heterocycles. The van der Waals surface area contributed by atoms with Gasteiger partial charge in [-0.1, -0.05) is 61.5 Å². The zero-order valence-corrected chi connectivity index (χ0v) is 12.7. The van der Waals surface area contributed by atoms with Crippen LogP contribution in [0.3, 0.4) is 0 Å². The van der Waals surface area contributed by atoms with Gasteiger partial charge >= 0.3 is 0 Å². The van der Waals surface area contributed by atoms with Crippen molar-refractivity contribution < 1.29 is 4.79 Å². The number of para-hydroxylation sites is 1. The molecular formula is C20H19NO. The molecule has 0 heterocycles. The van der Waals surface area contributed by atoms with E-state index in [1.165, 1.54) is 10.8 Å². The Labute approximate surface area is 130 Å². The minimum absolute atomic E-state index is 0.0655. The molecule has 0 unspecified atom stereocenters. The van der Waals surface area contributed by atoms with Gasteiger partial charge in [0.15, 0.2) is 0 Å². The first-order valence-electron chi connectivity index (χ1n) is 7.66. The molecule has 22 heavy (non-hydrogen) atoms. The summed E-state index contributed by atoms with van der Waals surface area (Å²) in [6.45, 7) is 2.01. The van der Waals surface area contributed by atoms with Gasteiger partial charge < -0.3 is 5.32 Å². The van der Waals surface area contributed by atoms with Crippen LogP contribution in [0.2, 0.25) is 0 Å². The summed E-state index contributed by atoms with van der Waals surface area (Å²) in [7, 11) is 0. The maximum absolute atomic E-state index is 11.9. The van der Waals surface area contributed by atoms with E-state index in [1.807, 2.05) is 43.3 Å². The van der Waals surface area contributed by atoms with Gasteiger partial charge in [-0.25, -0.2) is 0 Å². The van der Waals surface area contributed by atoms with E-state index >= 15 is 0 Å². The van der Waals surface area contributed by atoms with Gasteiger partial charge in [-0.2, -0.15) is 0 Å². The number of amides is 1. The van der Waals surface area contributed by atoms with Gasteiger partial charge in [0.25, 0.3) is 0 Å². The standard InChI is InChI=1S/C20H19NO/c1-2-7-20(22)21-19-11-6-5-10-18(19)17-13-12-15-8-3-4-9-16(15)14-17/h3-6,8-14H,2,7H2,1H3,(H,21,22). The Morgan fingerprint density at radius 1 is 0.909 bits per heavy atom. The number of anilines is 1. The number of carbonyl (C=O) groups is 1. The van der Waals surface area contributed by atoms with E-state index in [9.17, 15) is 4.79 Å². The Morgan fingerprint density at radius 3 is 2.45 bits per heavy atom. The molecule has 0 spiro atoms. The summed E-state index contributed by atoms with van der Waals surface area (Å²) in [6.07, 6.45) is 1.40. The highest BCUT2D eigenvalue weighted by molar-refractivity contribution is 5.97. The molecule has 1 amide bonds. The van der Waals surface area contributed by atoms with E-state index < -0.39 is 0 Å². The Balaban J connectivity index is 2.01. The highest BCUT2D eigenvalue weighted by Crippen LogP contribution is 2.30. The molecule has 0 atom stereocenters. The van der Waals surface area contributed by atoms with E-state index in [0.717, 1.165) is 23.2 Å². The Kier molecular flexibility index (Phi) is 4.19. The molecule has 3 aromatic carbocycles. The van der Waals surface area contributed by atoms with Crippen LogP contribution in [0.4, 0.5) is 5.69 Å². The van der Waals surface area contributed by atoms with Crippen LogP contribution in [0, 0.1) is 0 Å². The lowest BCUT2D eigenvalue weighted by atomic mass is 10.00. The molecule has 1 N–H and O–H groups in total. The van der Waals surface area contributed by atoms with E-state index in [0.29, 0.717) is 6.42 Å². The van der Waals surface area contributed by atoms with Gasteiger partial charge in [0.2, 0.25) is 5.91 Å². The Bertz CT molecular complexity index is 807. The number of carbonyl (C=O) groups excluding carboxylic acids is 1. The molecule has 2 nitrogen and oxygen atoms in total. The highest BCUT2D eigenvalue weighted by atomic mass is 16.1. The largest absolute Gasteiger partial charge is 0.326 e. The van der Waals surface area contributed by atoms with Gasteiger partial charge in [0.05, 0.1) is 0 Å². The van der Waals surface area contributed by atoms with Crippen molar-refractivity contribution in [3.05, 3.63) is 66.7 Å². The fourth-order valence-electron chi connectivity index (χ4n) is 2.64. The molecule has 0 fully saturated rings. The average Bonchev–Trinajstić information content (AvgIpc) is 2.55. The molecule has 0 aromatic heterocycles. The summed E-state index contributed by atoms with van der Waals surface area (Å²) in [6, 6.07) is 22.6. The van der Waals surface area contributed by atoms with Crippen molar-refractivity contribution in [2.45, 2.75) is 19.8 Å². The lowest BCUT2D eigenvalue weighted by Crippen LogP contribution is -2.11. The molecule has 2 heteroatoms. The van der Waals surface area contributed by atoms with Crippen LogP contribution in [0.5, 0.6) is 0 Å². The third kappa shape index (κ3) is 3.01. The highest BCUT2D eigenvalue weighted by Gasteiger charge is 2.08. The summed E-state index contributed by atoms with van der Waals surface area (Å²) in [5.74, 6) is 0.0655. The summed E-state index contributed by atoms with van der Waals surface area (Å²) in [5.41, 5.74) is 3.04. The van der Waals surface area contributed by atoms with Crippen molar-refractivity contribution in [1.82, 2.24) is 0 Å². The molecule has 0 radical (unpaired) electrons. The van der Waals surface area contributed by atoms with Gasteiger partial charge in [0, 0.05) is 17.7 Å². The Morgan fingerprint density at radius 2 is 1.64 bits per heavy atom. The van der Waals surface area contributed by atoms with Crippen LogP contribution < -0.4 is 5.32 Å². The fraction of sp³-hybridized carbons (Fsp3) is 0.150. The van der Waals surface area contributed by atoms with Crippen molar-refractivity contribution in [2.75, 3.05) is 5.32 Å². The third-order valence-corrected chi connectivity index (χ3v) is 3.74. The van der Waals surface area contributed by atoms with Crippen molar-refractivity contribution >= 4 is 22.4 Å². The molecule has 0 aliphatic rings. The third-order valence-electron chi connectivity index (χ3n) is 3.74. The first kappa shape index (κ1) is 14.3. The SMILES string of the molecule is CCCC(=O)Nc1ccccc1-c1ccc2ccccc2c1. The predicted octanol–water partition coefficient (Wildman–Crippen LogP) is 5.25. The molecule has 3 rings (SSSR count). The van der Waals surface area contributed by atoms with E-state index in [2.05, 4.69) is 35.6 Å². The van der Waals surface area contributed by atoms with Crippen LogP contribution in [0.25, 0.3) is 21.9 Å². The number of rotatable bonds is 4. The lowest BCUT2D eigenvalue weighted by molar-refractivity contribution is -0.116. The van der Waals surface area contributed by atoms with Gasteiger partial charge in [-0.3, -0.25) is 4.79 Å². The number of nitrogens with one attached hydrogen (secondary N) is 1. The molecule has 3 aromatic rings. The maximum atomic E-state index is 11.9. The van der Waals surface area contributed by atoms with Crippen LogP contribution in [-0.2, 0) is 4.79 Å². The number of fused-ring (bicyclic) bond motifs is 1. The van der Waals surface area contributed by atoms with Crippen molar-refractivity contribution in [3.8, 4) is 11.1 Å². The number of hydrogen-bond donors (Lipinski definition) is 1. The van der Waals surface area contributed by atoms with Crippen LogP contribution in [0.1, 0.15) is 19.8 Å². The Hall–Kier alpha value is -2.61. The van der Waals surface area contributed by atoms with Crippen LogP contribution >= 0.6 is 0 Å². The predicted molar refractivity (Wildman–Crippen MR) is 92.9 cm³/mol. The summed E-state index contributed by atoms with van der Waals surface area (Å²) >= 11 is 0. The monoisotopic (exact) mass is 289 g/mol. The van der Waals surface area contributed by atoms with Crippen LogP contribution in [0.15, 0.2) is 66.7 Å². The molecule has 0 saturated carbocycles. The zero-order valence-electron chi connectivity index (χ0n) is 12.7. The second-order valence-electron chi connectivity index (χ2n) is 5.41. The van der Waals surface area contributed by atoms with Crippen molar-refractivity contribution in [2.24, 2.45) is 0 Å². The minimum Gasteiger partial charge on any atom is -0.326 e. The van der Waals surface area contributed by atoms with Crippen molar-refractivity contribution in [3.63, 3.8) is 0 Å². The topological polar surface area (TPSA) is 29.1 Å². The van der Waals surface area contributed by atoms with E-state index in [-0.39, 0.29) is 5.91 Å². The molecule has 0 aliphatic heterocycles. The fourth-order valence-corrected chi connectivity index (χ4v) is 2.64. The average molecular weight is 289 g/mol. The second kappa shape index (κ2) is 6.44. The van der Waals surface area contributed by atoms with E-state index in [1.54, 1.807) is 0 Å². The summed E-state index contributed by atoms with van der Waals surface area (Å²) < 4.78 is 0. The quantitative estimate of drug-likeness (QED) is 0.698.